The van der Waals surface area contributed by atoms with E-state index >= 15 is 0 Å². The second kappa shape index (κ2) is 6.25. The van der Waals surface area contributed by atoms with Crippen molar-refractivity contribution in [1.29, 1.82) is 0 Å². The first-order valence-corrected chi connectivity index (χ1v) is 7.60. The number of hydrogen-bond donors (Lipinski definition) is 2. The first-order chi connectivity index (χ1) is 9.04. The molecule has 1 aromatic rings. The van der Waals surface area contributed by atoms with Gasteiger partial charge in [0.15, 0.2) is 0 Å². The Labute approximate surface area is 120 Å². The molecule has 1 aliphatic heterocycles. The van der Waals surface area contributed by atoms with Crippen LogP contribution < -0.4 is 5.32 Å². The minimum atomic E-state index is -0.933. The second-order valence-electron chi connectivity index (χ2n) is 5.69. The normalized spacial score (nSPS) is 23.3. The Hall–Kier alpha value is -0.580. The number of halogens is 1. The van der Waals surface area contributed by atoms with Gasteiger partial charge in [0.25, 0.3) is 0 Å². The topological polar surface area (TPSA) is 50.1 Å². The molecule has 2 N–H and O–H groups in total. The van der Waals surface area contributed by atoms with Gasteiger partial charge in [-0.15, -0.1) is 0 Å². The van der Waals surface area contributed by atoms with E-state index in [-0.39, 0.29) is 0 Å². The van der Waals surface area contributed by atoms with Crippen molar-refractivity contribution in [2.24, 2.45) is 0 Å². The Kier molecular flexibility index (Phi) is 4.87. The number of hydrogen-bond acceptors (Lipinski definition) is 3. The molecule has 2 atom stereocenters. The van der Waals surface area contributed by atoms with Crippen molar-refractivity contribution < 1.29 is 5.11 Å². The van der Waals surface area contributed by atoms with E-state index in [1.165, 1.54) is 12.8 Å². The third-order valence-electron chi connectivity index (χ3n) is 3.80. The van der Waals surface area contributed by atoms with E-state index < -0.39 is 5.60 Å². The molecule has 1 aliphatic rings. The van der Waals surface area contributed by atoms with Crippen molar-refractivity contribution in [3.05, 3.63) is 16.9 Å². The Morgan fingerprint density at radius 1 is 1.58 bits per heavy atom. The minimum Gasteiger partial charge on any atom is -0.384 e. The summed E-state index contributed by atoms with van der Waals surface area (Å²) in [5.41, 5.74) is -0.180. The van der Waals surface area contributed by atoms with E-state index in [4.69, 9.17) is 11.6 Å². The molecule has 0 spiro atoms. The molecule has 1 saturated heterocycles. The second-order valence-corrected chi connectivity index (χ2v) is 6.10. The predicted octanol–water partition coefficient (Wildman–Crippen LogP) is 2.69. The Bertz CT molecular complexity index is 411. The molecule has 1 aromatic heterocycles. The first kappa shape index (κ1) is 14.8. The summed E-state index contributed by atoms with van der Waals surface area (Å²) in [5, 5.41) is 19.1. The van der Waals surface area contributed by atoms with Crippen molar-refractivity contribution in [1.82, 2.24) is 15.1 Å². The quantitative estimate of drug-likeness (QED) is 0.874. The van der Waals surface area contributed by atoms with Crippen LogP contribution in [0.25, 0.3) is 0 Å². The van der Waals surface area contributed by atoms with Crippen LogP contribution in [0.5, 0.6) is 0 Å². The monoisotopic (exact) mass is 285 g/mol. The SMILES string of the molecule is CCCn1ncc(Cl)c1C(C)(O)CC1CCCCN1. The number of piperidine rings is 1. The fraction of sp³-hybridized carbons (Fsp3) is 0.786. The van der Waals surface area contributed by atoms with Crippen molar-refractivity contribution in [2.45, 2.75) is 64.1 Å². The van der Waals surface area contributed by atoms with Crippen molar-refractivity contribution in [3.63, 3.8) is 0 Å². The van der Waals surface area contributed by atoms with Gasteiger partial charge in [0.05, 0.1) is 16.9 Å². The average Bonchev–Trinajstić information content (AvgIpc) is 2.72. The van der Waals surface area contributed by atoms with Crippen LogP contribution in [0.4, 0.5) is 0 Å². The molecule has 0 radical (unpaired) electrons. The molecule has 4 nitrogen and oxygen atoms in total. The molecule has 2 rings (SSSR count). The van der Waals surface area contributed by atoms with Crippen LogP contribution in [0, 0.1) is 0 Å². The van der Waals surface area contributed by atoms with Crippen LogP contribution in [-0.2, 0) is 12.1 Å². The van der Waals surface area contributed by atoms with Crippen molar-refractivity contribution in [2.75, 3.05) is 6.54 Å². The van der Waals surface area contributed by atoms with Gasteiger partial charge in [0.2, 0.25) is 0 Å². The summed E-state index contributed by atoms with van der Waals surface area (Å²) in [6.07, 6.45) is 6.87. The van der Waals surface area contributed by atoms with E-state index in [1.54, 1.807) is 6.20 Å². The predicted molar refractivity (Wildman–Crippen MR) is 77.4 cm³/mol. The molecule has 0 saturated carbocycles. The molecule has 2 heterocycles. The van der Waals surface area contributed by atoms with E-state index in [2.05, 4.69) is 17.3 Å². The summed E-state index contributed by atoms with van der Waals surface area (Å²) in [6.45, 7) is 5.77. The van der Waals surface area contributed by atoms with Gasteiger partial charge in [-0.3, -0.25) is 4.68 Å². The summed E-state index contributed by atoms with van der Waals surface area (Å²) in [7, 11) is 0. The molecule has 0 aliphatic carbocycles. The lowest BCUT2D eigenvalue weighted by atomic mass is 9.89. The van der Waals surface area contributed by atoms with Gasteiger partial charge < -0.3 is 10.4 Å². The first-order valence-electron chi connectivity index (χ1n) is 7.22. The van der Waals surface area contributed by atoms with Crippen LogP contribution in [0.15, 0.2) is 6.20 Å². The highest BCUT2D eigenvalue weighted by molar-refractivity contribution is 6.31. The minimum absolute atomic E-state index is 0.366. The third-order valence-corrected chi connectivity index (χ3v) is 4.07. The third kappa shape index (κ3) is 3.50. The van der Waals surface area contributed by atoms with Crippen LogP contribution in [0.1, 0.15) is 51.6 Å². The zero-order valence-electron chi connectivity index (χ0n) is 11.8. The maximum atomic E-state index is 10.8. The number of nitrogens with one attached hydrogen (secondary N) is 1. The summed E-state index contributed by atoms with van der Waals surface area (Å²) in [4.78, 5) is 0. The van der Waals surface area contributed by atoms with Crippen LogP contribution >= 0.6 is 11.6 Å². The molecular weight excluding hydrogens is 262 g/mol. The molecule has 0 amide bonds. The number of aromatic nitrogens is 2. The lowest BCUT2D eigenvalue weighted by Gasteiger charge is -2.32. The standard InChI is InChI=1S/C14H24ClN3O/c1-3-8-18-13(12(15)10-17-18)14(2,19)9-11-6-4-5-7-16-11/h10-11,16,19H,3-9H2,1-2H3. The van der Waals surface area contributed by atoms with Crippen LogP contribution in [-0.4, -0.2) is 27.5 Å². The van der Waals surface area contributed by atoms with Crippen molar-refractivity contribution >= 4 is 11.6 Å². The van der Waals surface area contributed by atoms with E-state index in [0.29, 0.717) is 17.5 Å². The molecular formula is C14H24ClN3O. The average molecular weight is 286 g/mol. The Morgan fingerprint density at radius 2 is 2.37 bits per heavy atom. The van der Waals surface area contributed by atoms with Crippen LogP contribution in [0.3, 0.4) is 0 Å². The van der Waals surface area contributed by atoms with Gasteiger partial charge >= 0.3 is 0 Å². The molecule has 5 heteroatoms. The van der Waals surface area contributed by atoms with Crippen LogP contribution in [0.2, 0.25) is 5.02 Å². The number of aliphatic hydroxyl groups is 1. The van der Waals surface area contributed by atoms with E-state index in [1.807, 2.05) is 11.6 Å². The number of aryl methyl sites for hydroxylation is 1. The van der Waals surface area contributed by atoms with Gasteiger partial charge in [0.1, 0.15) is 5.60 Å². The molecule has 2 unspecified atom stereocenters. The fourth-order valence-electron chi connectivity index (χ4n) is 2.95. The number of nitrogens with zero attached hydrogens (tertiary/aromatic N) is 2. The summed E-state index contributed by atoms with van der Waals surface area (Å²) >= 11 is 6.22. The van der Waals surface area contributed by atoms with Gasteiger partial charge in [-0.2, -0.15) is 5.10 Å². The zero-order chi connectivity index (χ0) is 13.9. The van der Waals surface area contributed by atoms with E-state index in [0.717, 1.165) is 31.6 Å². The summed E-state index contributed by atoms with van der Waals surface area (Å²) in [6, 6.07) is 0.366. The molecule has 108 valence electrons. The highest BCUT2D eigenvalue weighted by Crippen LogP contribution is 2.33. The van der Waals surface area contributed by atoms with E-state index in [9.17, 15) is 5.11 Å². The highest BCUT2D eigenvalue weighted by Gasteiger charge is 2.33. The molecule has 1 fully saturated rings. The van der Waals surface area contributed by atoms with Crippen molar-refractivity contribution in [3.8, 4) is 0 Å². The molecule has 0 bridgehead atoms. The van der Waals surface area contributed by atoms with Gasteiger partial charge in [-0.25, -0.2) is 0 Å². The zero-order valence-corrected chi connectivity index (χ0v) is 12.6. The highest BCUT2D eigenvalue weighted by atomic mass is 35.5. The maximum absolute atomic E-state index is 10.8. The van der Waals surface area contributed by atoms with Gasteiger partial charge in [-0.05, 0) is 39.2 Å². The molecule has 19 heavy (non-hydrogen) atoms. The fourth-order valence-corrected chi connectivity index (χ4v) is 3.30. The molecule has 0 aromatic carbocycles. The van der Waals surface area contributed by atoms with Gasteiger partial charge in [0, 0.05) is 12.6 Å². The summed E-state index contributed by atoms with van der Waals surface area (Å²) in [5.74, 6) is 0. The summed E-state index contributed by atoms with van der Waals surface area (Å²) < 4.78 is 1.84. The lowest BCUT2D eigenvalue weighted by molar-refractivity contribution is 0.0245. The maximum Gasteiger partial charge on any atom is 0.106 e. The largest absolute Gasteiger partial charge is 0.384 e. The smallest absolute Gasteiger partial charge is 0.106 e. The number of rotatable bonds is 5. The van der Waals surface area contributed by atoms with Gasteiger partial charge in [-0.1, -0.05) is 24.9 Å². The lowest BCUT2D eigenvalue weighted by Crippen LogP contribution is -2.40. The Balaban J connectivity index is 2.15. The Morgan fingerprint density at radius 3 is 3.00 bits per heavy atom.